The van der Waals surface area contributed by atoms with E-state index in [1.54, 1.807) is 0 Å². The summed E-state index contributed by atoms with van der Waals surface area (Å²) in [4.78, 5) is 14.4. The molecule has 0 radical (unpaired) electrons. The average Bonchev–Trinajstić information content (AvgIpc) is 3.59. The Bertz CT molecular complexity index is 1430. The molecule has 4 rings (SSSR count). The lowest BCUT2D eigenvalue weighted by molar-refractivity contribution is -0.137. The summed E-state index contributed by atoms with van der Waals surface area (Å²) in [5.41, 5.74) is -0.900. The molecular formula is C26H32F3NO6S2. The van der Waals surface area contributed by atoms with E-state index in [2.05, 4.69) is 0 Å². The average molecular weight is 576 g/mol. The lowest BCUT2D eigenvalue weighted by Gasteiger charge is -2.31. The highest BCUT2D eigenvalue weighted by atomic mass is 32.2. The number of carbonyl (C=O) groups excluding carboxylic acids is 1. The van der Waals surface area contributed by atoms with Gasteiger partial charge in [-0.3, -0.25) is 4.79 Å². The number of nitrogens with zero attached hydrogens (tertiary/aromatic N) is 1. The number of hydrogen-bond acceptors (Lipinski definition) is 6. The van der Waals surface area contributed by atoms with Gasteiger partial charge in [0.2, 0.25) is 0 Å². The van der Waals surface area contributed by atoms with Gasteiger partial charge in [-0.25, -0.2) is 16.8 Å². The third kappa shape index (κ3) is 5.29. The van der Waals surface area contributed by atoms with Crippen molar-refractivity contribution in [3.63, 3.8) is 0 Å². The molecule has 38 heavy (non-hydrogen) atoms. The standard InChI is InChI=1S/C25H28F3NO6S2.CH4/c1-24(2,37(33,34)20-6-4-5-16(13-20)25(26,27)28)17-11-12-29(15-17)23(30)21-10-9-19(14-22(21)35-3)36(31,32)18-7-8-18;/h4-6,9-10,13-14,17-18H,7-8,11-12,15H2,1-3H3;1H4/t17-;/m1./s1. The van der Waals surface area contributed by atoms with Crippen LogP contribution in [0.3, 0.4) is 0 Å². The summed E-state index contributed by atoms with van der Waals surface area (Å²) in [7, 11) is -6.34. The Morgan fingerprint density at radius 1 is 0.974 bits per heavy atom. The monoisotopic (exact) mass is 575 g/mol. The van der Waals surface area contributed by atoms with Gasteiger partial charge >= 0.3 is 6.18 Å². The van der Waals surface area contributed by atoms with Gasteiger partial charge in [0.25, 0.3) is 5.91 Å². The zero-order valence-electron chi connectivity index (χ0n) is 20.6. The molecule has 2 aromatic carbocycles. The first-order chi connectivity index (χ1) is 17.1. The number of alkyl halides is 3. The molecule has 210 valence electrons. The fourth-order valence-electron chi connectivity index (χ4n) is 4.64. The van der Waals surface area contributed by atoms with Crippen LogP contribution in [0.2, 0.25) is 0 Å². The van der Waals surface area contributed by atoms with Crippen molar-refractivity contribution in [2.24, 2.45) is 5.92 Å². The first-order valence-electron chi connectivity index (χ1n) is 11.7. The molecule has 1 atom stereocenters. The third-order valence-corrected chi connectivity index (χ3v) is 12.2. The maximum absolute atomic E-state index is 13.4. The van der Waals surface area contributed by atoms with Crippen LogP contribution >= 0.6 is 0 Å². The van der Waals surface area contributed by atoms with Crippen LogP contribution in [0.1, 0.15) is 56.5 Å². The van der Waals surface area contributed by atoms with Crippen LogP contribution in [0.15, 0.2) is 52.3 Å². The van der Waals surface area contributed by atoms with Gasteiger partial charge in [0, 0.05) is 13.1 Å². The van der Waals surface area contributed by atoms with E-state index in [9.17, 15) is 34.8 Å². The summed E-state index contributed by atoms with van der Waals surface area (Å²) < 4.78 is 95.3. The second-order valence-electron chi connectivity index (χ2n) is 9.98. The van der Waals surface area contributed by atoms with E-state index in [0.29, 0.717) is 25.3 Å². The van der Waals surface area contributed by atoms with E-state index >= 15 is 0 Å². The zero-order chi connectivity index (χ0) is 27.4. The minimum Gasteiger partial charge on any atom is -0.496 e. The summed E-state index contributed by atoms with van der Waals surface area (Å²) in [5, 5.41) is -0.417. The van der Waals surface area contributed by atoms with Crippen molar-refractivity contribution in [1.29, 1.82) is 0 Å². The van der Waals surface area contributed by atoms with E-state index in [1.807, 2.05) is 0 Å². The Hall–Kier alpha value is -2.60. The van der Waals surface area contributed by atoms with Crippen molar-refractivity contribution in [2.45, 2.75) is 66.5 Å². The Kier molecular flexibility index (Phi) is 8.02. The van der Waals surface area contributed by atoms with Crippen LogP contribution < -0.4 is 4.74 Å². The Morgan fingerprint density at radius 2 is 1.63 bits per heavy atom. The van der Waals surface area contributed by atoms with Crippen LogP contribution in [0.5, 0.6) is 5.75 Å². The molecule has 0 N–H and O–H groups in total. The summed E-state index contributed by atoms with van der Waals surface area (Å²) in [6, 6.07) is 7.76. The van der Waals surface area contributed by atoms with E-state index in [4.69, 9.17) is 4.74 Å². The van der Waals surface area contributed by atoms with Crippen molar-refractivity contribution < 1.29 is 39.5 Å². The number of rotatable bonds is 7. The van der Waals surface area contributed by atoms with Gasteiger partial charge in [-0.05, 0) is 75.4 Å². The number of sulfone groups is 2. The van der Waals surface area contributed by atoms with Crippen LogP contribution in [0, 0.1) is 5.92 Å². The smallest absolute Gasteiger partial charge is 0.416 e. The van der Waals surface area contributed by atoms with E-state index in [-0.39, 0.29) is 36.7 Å². The normalized spacial score (nSPS) is 18.7. The lowest BCUT2D eigenvalue weighted by Crippen LogP contribution is -2.42. The first kappa shape index (κ1) is 29.9. The fourth-order valence-corrected chi connectivity index (χ4v) is 8.09. The minimum atomic E-state index is -4.68. The van der Waals surface area contributed by atoms with Gasteiger partial charge in [0.1, 0.15) is 5.75 Å². The molecule has 1 amide bonds. The second-order valence-corrected chi connectivity index (χ2v) is 14.7. The first-order valence-corrected chi connectivity index (χ1v) is 14.8. The molecule has 0 unspecified atom stereocenters. The van der Waals surface area contributed by atoms with Crippen molar-refractivity contribution in [3.8, 4) is 5.75 Å². The number of halogens is 3. The molecule has 7 nitrogen and oxygen atoms in total. The molecular weight excluding hydrogens is 543 g/mol. The highest BCUT2D eigenvalue weighted by Gasteiger charge is 2.47. The van der Waals surface area contributed by atoms with E-state index < -0.39 is 58.1 Å². The molecule has 0 aromatic heterocycles. The lowest BCUT2D eigenvalue weighted by atomic mass is 9.94. The van der Waals surface area contributed by atoms with Crippen LogP contribution in [-0.4, -0.2) is 57.8 Å². The summed E-state index contributed by atoms with van der Waals surface area (Å²) in [6.07, 6.45) is -3.16. The number of benzene rings is 2. The quantitative estimate of drug-likeness (QED) is 0.461. The van der Waals surface area contributed by atoms with Crippen molar-refractivity contribution >= 4 is 25.6 Å². The maximum Gasteiger partial charge on any atom is 0.416 e. The van der Waals surface area contributed by atoms with Crippen molar-refractivity contribution in [3.05, 3.63) is 53.6 Å². The topological polar surface area (TPSA) is 97.8 Å². The molecule has 1 aliphatic heterocycles. The molecule has 1 aliphatic carbocycles. The van der Waals surface area contributed by atoms with Crippen LogP contribution in [-0.2, 0) is 25.9 Å². The molecule has 0 spiro atoms. The number of carbonyl (C=O) groups is 1. The Labute approximate surface area is 221 Å². The van der Waals surface area contributed by atoms with E-state index in [1.165, 1.54) is 44.1 Å². The van der Waals surface area contributed by atoms with E-state index in [0.717, 1.165) is 18.2 Å². The van der Waals surface area contributed by atoms with Gasteiger partial charge in [0.05, 0.1) is 38.0 Å². The second kappa shape index (κ2) is 10.2. The highest BCUT2D eigenvalue weighted by molar-refractivity contribution is 7.93. The van der Waals surface area contributed by atoms with Gasteiger partial charge in [-0.2, -0.15) is 13.2 Å². The van der Waals surface area contributed by atoms with Gasteiger partial charge in [-0.1, -0.05) is 13.5 Å². The highest BCUT2D eigenvalue weighted by Crippen LogP contribution is 2.40. The Balaban J connectivity index is 0.00000400. The van der Waals surface area contributed by atoms with Crippen molar-refractivity contribution in [1.82, 2.24) is 4.90 Å². The molecule has 2 aromatic rings. The number of hydrogen-bond donors (Lipinski definition) is 0. The molecule has 1 saturated heterocycles. The van der Waals surface area contributed by atoms with Gasteiger partial charge < -0.3 is 9.64 Å². The summed E-state index contributed by atoms with van der Waals surface area (Å²) >= 11 is 0. The van der Waals surface area contributed by atoms with Crippen molar-refractivity contribution in [2.75, 3.05) is 20.2 Å². The molecule has 2 fully saturated rings. The van der Waals surface area contributed by atoms with Gasteiger partial charge in [0.15, 0.2) is 19.7 Å². The number of likely N-dealkylation sites (tertiary alicyclic amines) is 1. The molecule has 1 heterocycles. The molecule has 2 aliphatic rings. The van der Waals surface area contributed by atoms with Gasteiger partial charge in [-0.15, -0.1) is 0 Å². The maximum atomic E-state index is 13.4. The zero-order valence-corrected chi connectivity index (χ0v) is 22.2. The largest absolute Gasteiger partial charge is 0.496 e. The Morgan fingerprint density at radius 3 is 2.21 bits per heavy atom. The predicted molar refractivity (Wildman–Crippen MR) is 137 cm³/mol. The SMILES string of the molecule is C.COc1cc(S(=O)(=O)C2CC2)ccc1C(=O)N1CC[C@@H](C(C)(C)S(=O)(=O)c2cccc(C(F)(F)F)c2)C1. The third-order valence-electron chi connectivity index (χ3n) is 7.32. The fraction of sp³-hybridized carbons (Fsp3) is 0.500. The molecule has 0 bridgehead atoms. The number of ether oxygens (including phenoxy) is 1. The molecule has 12 heteroatoms. The van der Waals surface area contributed by atoms with Crippen LogP contribution in [0.4, 0.5) is 13.2 Å². The van der Waals surface area contributed by atoms with Crippen LogP contribution in [0.25, 0.3) is 0 Å². The predicted octanol–water partition coefficient (Wildman–Crippen LogP) is 5.00. The minimum absolute atomic E-state index is 0. The summed E-state index contributed by atoms with van der Waals surface area (Å²) in [6.45, 7) is 3.21. The number of amides is 1. The molecule has 1 saturated carbocycles. The summed E-state index contributed by atoms with van der Waals surface area (Å²) in [5.74, 6) is -0.885. The number of methoxy groups -OCH3 is 1.